The summed E-state index contributed by atoms with van der Waals surface area (Å²) in [5.41, 5.74) is 5.55. The molecule has 5 nitrogen and oxygen atoms in total. The maximum absolute atomic E-state index is 14.0. The molecule has 0 bridgehead atoms. The summed E-state index contributed by atoms with van der Waals surface area (Å²) in [6.45, 7) is 2.30. The zero-order chi connectivity index (χ0) is 22.5. The molecule has 1 saturated carbocycles. The van der Waals surface area contributed by atoms with Gasteiger partial charge in [0.25, 0.3) is 0 Å². The number of aryl methyl sites for hydroxylation is 1. The van der Waals surface area contributed by atoms with Gasteiger partial charge in [-0.15, -0.1) is 0 Å². The summed E-state index contributed by atoms with van der Waals surface area (Å²) in [6, 6.07) is 16.1. The van der Waals surface area contributed by atoms with E-state index in [9.17, 15) is 9.59 Å². The minimum Gasteiger partial charge on any atom is -0.356 e. The van der Waals surface area contributed by atoms with E-state index in [2.05, 4.69) is 42.2 Å². The maximum Gasteiger partial charge on any atom is 0.246 e. The number of benzene rings is 2. The molecule has 2 aromatic carbocycles. The van der Waals surface area contributed by atoms with E-state index in [1.165, 1.54) is 18.4 Å². The van der Waals surface area contributed by atoms with Gasteiger partial charge in [0.15, 0.2) is 0 Å². The summed E-state index contributed by atoms with van der Waals surface area (Å²) < 4.78 is 0. The normalized spacial score (nSPS) is 24.0. The van der Waals surface area contributed by atoms with Crippen LogP contribution in [0.1, 0.15) is 67.0 Å². The molecule has 2 fully saturated rings. The van der Waals surface area contributed by atoms with Crippen LogP contribution in [-0.4, -0.2) is 45.2 Å². The third kappa shape index (κ3) is 3.28. The molecular weight excluding hydrogens is 410 g/mol. The zero-order valence-corrected chi connectivity index (χ0v) is 19.2. The van der Waals surface area contributed by atoms with Crippen molar-refractivity contribution in [3.05, 3.63) is 70.9 Å². The van der Waals surface area contributed by atoms with Crippen molar-refractivity contribution in [1.82, 2.24) is 14.8 Å². The highest BCUT2D eigenvalue weighted by Gasteiger charge is 2.49. The number of para-hydroxylation sites is 1. The fourth-order valence-corrected chi connectivity index (χ4v) is 6.38. The Balaban J connectivity index is 1.48. The standard InChI is InChI=1S/C28H31N3O2/c1-18-10-6-7-13-20(18)27-26-22(21-14-8-9-15-23(21)29-26)16-24-28(33)30(17-25(32)31(24)27)19-11-4-2-3-5-12-19/h6-10,13-15,19,24,27,29H,2-5,11-12,16-17H2,1H3. The van der Waals surface area contributed by atoms with E-state index >= 15 is 0 Å². The molecule has 2 amide bonds. The van der Waals surface area contributed by atoms with Gasteiger partial charge in [0.2, 0.25) is 11.8 Å². The van der Waals surface area contributed by atoms with E-state index in [1.54, 1.807) is 0 Å². The Morgan fingerprint density at radius 2 is 1.64 bits per heavy atom. The molecule has 6 rings (SSSR count). The van der Waals surface area contributed by atoms with Gasteiger partial charge >= 0.3 is 0 Å². The van der Waals surface area contributed by atoms with Crippen LogP contribution in [0.2, 0.25) is 0 Å². The van der Waals surface area contributed by atoms with Gasteiger partial charge in [-0.3, -0.25) is 9.59 Å². The highest BCUT2D eigenvalue weighted by Crippen LogP contribution is 2.43. The fourth-order valence-electron chi connectivity index (χ4n) is 6.38. The summed E-state index contributed by atoms with van der Waals surface area (Å²) in [4.78, 5) is 35.2. The van der Waals surface area contributed by atoms with Crippen molar-refractivity contribution >= 4 is 22.7 Å². The van der Waals surface area contributed by atoms with Gasteiger partial charge in [-0.05, 0) is 42.5 Å². The summed E-state index contributed by atoms with van der Waals surface area (Å²) in [5, 5.41) is 1.16. The van der Waals surface area contributed by atoms with Gasteiger partial charge in [0.1, 0.15) is 12.6 Å². The maximum atomic E-state index is 14.0. The Morgan fingerprint density at radius 1 is 0.909 bits per heavy atom. The number of fused-ring (bicyclic) bond motifs is 4. The highest BCUT2D eigenvalue weighted by molar-refractivity contribution is 5.98. The van der Waals surface area contributed by atoms with E-state index in [4.69, 9.17) is 0 Å². The number of carbonyl (C=O) groups excluding carboxylic acids is 2. The molecule has 1 N–H and O–H groups in total. The van der Waals surface area contributed by atoms with Gasteiger partial charge in [-0.2, -0.15) is 0 Å². The number of aromatic amines is 1. The van der Waals surface area contributed by atoms with Crippen LogP contribution in [0.5, 0.6) is 0 Å². The number of hydrogen-bond acceptors (Lipinski definition) is 2. The number of piperazine rings is 1. The highest BCUT2D eigenvalue weighted by atomic mass is 16.2. The van der Waals surface area contributed by atoms with Crippen LogP contribution in [0.15, 0.2) is 48.5 Å². The van der Waals surface area contributed by atoms with Crippen LogP contribution < -0.4 is 0 Å². The smallest absolute Gasteiger partial charge is 0.246 e. The quantitative estimate of drug-likeness (QED) is 0.576. The molecule has 3 aliphatic rings. The second-order valence-corrected chi connectivity index (χ2v) is 9.95. The van der Waals surface area contributed by atoms with Crippen LogP contribution in [0.3, 0.4) is 0 Å². The summed E-state index contributed by atoms with van der Waals surface area (Å²) >= 11 is 0. The summed E-state index contributed by atoms with van der Waals surface area (Å²) in [7, 11) is 0. The Bertz CT molecular complexity index is 1220. The Hall–Kier alpha value is -3.08. The Kier molecular flexibility index (Phi) is 5.01. The van der Waals surface area contributed by atoms with Crippen LogP contribution in [0.25, 0.3) is 10.9 Å². The third-order valence-electron chi connectivity index (χ3n) is 8.04. The van der Waals surface area contributed by atoms with Crippen molar-refractivity contribution in [3.63, 3.8) is 0 Å². The molecule has 1 aliphatic carbocycles. The molecule has 33 heavy (non-hydrogen) atoms. The second-order valence-electron chi connectivity index (χ2n) is 9.95. The molecule has 2 unspecified atom stereocenters. The fraction of sp³-hybridized carbons (Fsp3) is 0.429. The third-order valence-corrected chi connectivity index (χ3v) is 8.04. The van der Waals surface area contributed by atoms with Gasteiger partial charge in [0.05, 0.1) is 6.04 Å². The number of rotatable bonds is 2. The number of aromatic nitrogens is 1. The van der Waals surface area contributed by atoms with E-state index in [0.717, 1.165) is 53.4 Å². The lowest BCUT2D eigenvalue weighted by atomic mass is 9.84. The van der Waals surface area contributed by atoms with Crippen molar-refractivity contribution < 1.29 is 9.59 Å². The van der Waals surface area contributed by atoms with E-state index in [1.807, 2.05) is 28.0 Å². The molecule has 5 heteroatoms. The minimum absolute atomic E-state index is 0.0707. The molecule has 170 valence electrons. The van der Waals surface area contributed by atoms with Crippen LogP contribution in [-0.2, 0) is 16.0 Å². The monoisotopic (exact) mass is 441 g/mol. The second kappa shape index (κ2) is 8.05. The topological polar surface area (TPSA) is 56.4 Å². The van der Waals surface area contributed by atoms with E-state index < -0.39 is 6.04 Å². The van der Waals surface area contributed by atoms with E-state index in [-0.39, 0.29) is 30.4 Å². The Labute approximate surface area is 194 Å². The molecule has 1 saturated heterocycles. The first-order valence-electron chi connectivity index (χ1n) is 12.4. The largest absolute Gasteiger partial charge is 0.356 e. The molecule has 3 aromatic rings. The first-order chi connectivity index (χ1) is 16.1. The van der Waals surface area contributed by atoms with Crippen molar-refractivity contribution in [2.45, 2.75) is 70.0 Å². The predicted octanol–water partition coefficient (Wildman–Crippen LogP) is 4.88. The lowest BCUT2D eigenvalue weighted by Crippen LogP contribution is -2.64. The molecular formula is C28H31N3O2. The summed E-state index contributed by atoms with van der Waals surface area (Å²) in [6.07, 6.45) is 7.38. The number of H-pyrrole nitrogens is 1. The average molecular weight is 442 g/mol. The first-order valence-corrected chi connectivity index (χ1v) is 12.4. The minimum atomic E-state index is -0.439. The van der Waals surface area contributed by atoms with Crippen molar-refractivity contribution in [2.75, 3.05) is 6.54 Å². The molecule has 0 spiro atoms. The van der Waals surface area contributed by atoms with Gasteiger partial charge < -0.3 is 14.8 Å². The number of nitrogens with one attached hydrogen (secondary N) is 1. The van der Waals surface area contributed by atoms with Crippen molar-refractivity contribution in [3.8, 4) is 0 Å². The number of amides is 2. The molecule has 2 atom stereocenters. The molecule has 2 aliphatic heterocycles. The van der Waals surface area contributed by atoms with Gasteiger partial charge in [0, 0.05) is 29.1 Å². The number of carbonyl (C=O) groups is 2. The van der Waals surface area contributed by atoms with Gasteiger partial charge in [-0.25, -0.2) is 0 Å². The predicted molar refractivity (Wildman–Crippen MR) is 129 cm³/mol. The zero-order valence-electron chi connectivity index (χ0n) is 19.2. The SMILES string of the molecule is Cc1ccccc1C1c2[nH]c3ccccc3c2CC2C(=O)N(C3CCCCCC3)CC(=O)N21. The molecule has 1 aromatic heterocycles. The first kappa shape index (κ1) is 20.5. The number of nitrogens with zero attached hydrogens (tertiary/aromatic N) is 2. The Morgan fingerprint density at radius 3 is 2.42 bits per heavy atom. The van der Waals surface area contributed by atoms with Crippen molar-refractivity contribution in [1.29, 1.82) is 0 Å². The molecule has 3 heterocycles. The van der Waals surface area contributed by atoms with Crippen molar-refractivity contribution in [2.24, 2.45) is 0 Å². The van der Waals surface area contributed by atoms with E-state index in [0.29, 0.717) is 6.42 Å². The lowest BCUT2D eigenvalue weighted by molar-refractivity contribution is -0.161. The summed E-state index contributed by atoms with van der Waals surface area (Å²) in [5.74, 6) is 0.206. The van der Waals surface area contributed by atoms with Crippen LogP contribution in [0.4, 0.5) is 0 Å². The molecule has 0 radical (unpaired) electrons. The average Bonchev–Trinajstić information content (AvgIpc) is 2.99. The van der Waals surface area contributed by atoms with Gasteiger partial charge in [-0.1, -0.05) is 68.1 Å². The lowest BCUT2D eigenvalue weighted by Gasteiger charge is -2.49. The van der Waals surface area contributed by atoms with Crippen LogP contribution in [0, 0.1) is 6.92 Å². The number of hydrogen-bond donors (Lipinski definition) is 1. The van der Waals surface area contributed by atoms with Crippen LogP contribution >= 0.6 is 0 Å².